The van der Waals surface area contributed by atoms with Crippen LogP contribution in [0.3, 0.4) is 0 Å². The van der Waals surface area contributed by atoms with Crippen molar-refractivity contribution in [2.75, 3.05) is 24.5 Å². The summed E-state index contributed by atoms with van der Waals surface area (Å²) in [5.74, 6) is 0. The fourth-order valence-corrected chi connectivity index (χ4v) is 2.88. The van der Waals surface area contributed by atoms with Crippen molar-refractivity contribution in [3.63, 3.8) is 0 Å². The number of nitrogens with zero attached hydrogens (tertiary/aromatic N) is 1. The second-order valence-electron chi connectivity index (χ2n) is 6.95. The summed E-state index contributed by atoms with van der Waals surface area (Å²) in [5.41, 5.74) is 2.99. The Morgan fingerprint density at radius 1 is 1.14 bits per heavy atom. The van der Waals surface area contributed by atoms with E-state index < -0.39 is 0 Å². The highest BCUT2D eigenvalue weighted by Gasteiger charge is 2.26. The van der Waals surface area contributed by atoms with Crippen molar-refractivity contribution in [1.82, 2.24) is 5.32 Å². The first-order valence-corrected chi connectivity index (χ1v) is 8.45. The van der Waals surface area contributed by atoms with Gasteiger partial charge >= 0.3 is 0 Å². The van der Waals surface area contributed by atoms with Crippen LogP contribution < -0.4 is 10.2 Å². The monoisotopic (exact) mass is 290 g/mol. The summed E-state index contributed by atoms with van der Waals surface area (Å²) in [7, 11) is 0. The molecule has 0 amide bonds. The Bertz CT molecular complexity index is 397. The average Bonchev–Trinajstić information content (AvgIpc) is 2.44. The zero-order valence-electron chi connectivity index (χ0n) is 14.9. The standard InChI is InChI=1S/C19H34N2/c1-7-13-19(6,14-20-16(3)4)15-21(8-2)18-11-9-17(5)10-12-18/h9-12,16,20H,7-8,13-15H2,1-6H3. The molecule has 0 aliphatic carbocycles. The van der Waals surface area contributed by atoms with Gasteiger partial charge in [0, 0.05) is 31.4 Å². The zero-order valence-corrected chi connectivity index (χ0v) is 14.9. The summed E-state index contributed by atoms with van der Waals surface area (Å²) in [4.78, 5) is 2.51. The molecule has 0 saturated carbocycles. The van der Waals surface area contributed by atoms with Crippen molar-refractivity contribution in [1.29, 1.82) is 0 Å². The highest BCUT2D eigenvalue weighted by molar-refractivity contribution is 5.47. The zero-order chi connectivity index (χ0) is 15.9. The maximum atomic E-state index is 3.63. The largest absolute Gasteiger partial charge is 0.371 e. The normalized spacial score (nSPS) is 14.2. The Hall–Kier alpha value is -1.02. The lowest BCUT2D eigenvalue weighted by atomic mass is 9.84. The van der Waals surface area contributed by atoms with Gasteiger partial charge in [0.1, 0.15) is 0 Å². The van der Waals surface area contributed by atoms with Crippen molar-refractivity contribution < 1.29 is 0 Å². The van der Waals surface area contributed by atoms with Crippen LogP contribution in [0, 0.1) is 12.3 Å². The van der Waals surface area contributed by atoms with Gasteiger partial charge in [0.25, 0.3) is 0 Å². The van der Waals surface area contributed by atoms with E-state index in [1.165, 1.54) is 24.1 Å². The van der Waals surface area contributed by atoms with Crippen LogP contribution in [0.25, 0.3) is 0 Å². The van der Waals surface area contributed by atoms with Gasteiger partial charge in [-0.2, -0.15) is 0 Å². The quantitative estimate of drug-likeness (QED) is 0.713. The Morgan fingerprint density at radius 3 is 2.24 bits per heavy atom. The third-order valence-corrected chi connectivity index (χ3v) is 4.14. The minimum atomic E-state index is 0.319. The maximum absolute atomic E-state index is 3.63. The number of benzene rings is 1. The smallest absolute Gasteiger partial charge is 0.0366 e. The van der Waals surface area contributed by atoms with Gasteiger partial charge in [-0.25, -0.2) is 0 Å². The number of rotatable bonds is 9. The molecule has 1 unspecified atom stereocenters. The molecule has 0 fully saturated rings. The van der Waals surface area contributed by atoms with E-state index in [1.54, 1.807) is 0 Å². The predicted molar refractivity (Wildman–Crippen MR) is 95.2 cm³/mol. The van der Waals surface area contributed by atoms with E-state index in [0.717, 1.165) is 19.6 Å². The Kier molecular flexibility index (Phi) is 7.24. The van der Waals surface area contributed by atoms with Crippen LogP contribution >= 0.6 is 0 Å². The molecule has 120 valence electrons. The van der Waals surface area contributed by atoms with Crippen LogP contribution in [0.5, 0.6) is 0 Å². The molecular weight excluding hydrogens is 256 g/mol. The number of hydrogen-bond acceptors (Lipinski definition) is 2. The second kappa shape index (κ2) is 8.43. The van der Waals surface area contributed by atoms with E-state index in [0.29, 0.717) is 11.5 Å². The highest BCUT2D eigenvalue weighted by atomic mass is 15.1. The third kappa shape index (κ3) is 6.09. The van der Waals surface area contributed by atoms with E-state index in [9.17, 15) is 0 Å². The molecule has 0 radical (unpaired) electrons. The molecule has 1 N–H and O–H groups in total. The van der Waals surface area contributed by atoms with E-state index in [-0.39, 0.29) is 0 Å². The van der Waals surface area contributed by atoms with Crippen LogP contribution in [0.2, 0.25) is 0 Å². The highest BCUT2D eigenvalue weighted by Crippen LogP contribution is 2.27. The molecule has 2 heteroatoms. The Morgan fingerprint density at radius 2 is 1.76 bits per heavy atom. The van der Waals surface area contributed by atoms with Crippen LogP contribution in [0.15, 0.2) is 24.3 Å². The molecule has 0 heterocycles. The first-order valence-electron chi connectivity index (χ1n) is 8.45. The number of aryl methyl sites for hydroxylation is 1. The molecule has 1 atom stereocenters. The molecule has 1 rings (SSSR count). The molecular formula is C19H34N2. The Labute approximate surface area is 131 Å². The molecule has 0 saturated heterocycles. The van der Waals surface area contributed by atoms with Gasteiger partial charge in [-0.3, -0.25) is 0 Å². The van der Waals surface area contributed by atoms with Gasteiger partial charge in [0.05, 0.1) is 0 Å². The van der Waals surface area contributed by atoms with Gasteiger partial charge in [0.15, 0.2) is 0 Å². The van der Waals surface area contributed by atoms with Crippen LogP contribution in [-0.2, 0) is 0 Å². The lowest BCUT2D eigenvalue weighted by molar-refractivity contribution is 0.273. The van der Waals surface area contributed by atoms with E-state index in [1.807, 2.05) is 0 Å². The van der Waals surface area contributed by atoms with Crippen LogP contribution in [0.4, 0.5) is 5.69 Å². The molecule has 1 aromatic rings. The molecule has 0 aliphatic rings. The molecule has 21 heavy (non-hydrogen) atoms. The van der Waals surface area contributed by atoms with Crippen molar-refractivity contribution >= 4 is 5.69 Å². The summed E-state index contributed by atoms with van der Waals surface area (Å²) in [6.45, 7) is 16.8. The fraction of sp³-hybridized carbons (Fsp3) is 0.684. The minimum absolute atomic E-state index is 0.319. The van der Waals surface area contributed by atoms with Gasteiger partial charge < -0.3 is 10.2 Å². The molecule has 1 aromatic carbocycles. The SMILES string of the molecule is CCCC(C)(CNC(C)C)CN(CC)c1ccc(C)cc1. The van der Waals surface area contributed by atoms with Crippen LogP contribution in [-0.4, -0.2) is 25.7 Å². The molecule has 0 bridgehead atoms. The summed E-state index contributed by atoms with van der Waals surface area (Å²) < 4.78 is 0. The molecule has 2 nitrogen and oxygen atoms in total. The summed E-state index contributed by atoms with van der Waals surface area (Å²) in [5, 5.41) is 3.63. The molecule has 0 aromatic heterocycles. The first-order chi connectivity index (χ1) is 9.90. The van der Waals surface area contributed by atoms with Crippen molar-refractivity contribution in [3.8, 4) is 0 Å². The number of anilines is 1. The lowest BCUT2D eigenvalue weighted by Gasteiger charge is -2.37. The number of hydrogen-bond donors (Lipinski definition) is 1. The van der Waals surface area contributed by atoms with E-state index in [4.69, 9.17) is 0 Å². The topological polar surface area (TPSA) is 15.3 Å². The van der Waals surface area contributed by atoms with Crippen molar-refractivity contribution in [2.45, 2.75) is 60.4 Å². The van der Waals surface area contributed by atoms with Gasteiger partial charge in [-0.05, 0) is 37.8 Å². The lowest BCUT2D eigenvalue weighted by Crippen LogP contribution is -2.44. The maximum Gasteiger partial charge on any atom is 0.0366 e. The number of nitrogens with one attached hydrogen (secondary N) is 1. The van der Waals surface area contributed by atoms with Gasteiger partial charge in [-0.15, -0.1) is 0 Å². The summed E-state index contributed by atoms with van der Waals surface area (Å²) in [6.07, 6.45) is 2.50. The first kappa shape index (κ1) is 18.0. The minimum Gasteiger partial charge on any atom is -0.371 e. The molecule has 0 aliphatic heterocycles. The van der Waals surface area contributed by atoms with E-state index >= 15 is 0 Å². The van der Waals surface area contributed by atoms with Crippen LogP contribution in [0.1, 0.15) is 53.0 Å². The summed E-state index contributed by atoms with van der Waals surface area (Å²) in [6, 6.07) is 9.47. The van der Waals surface area contributed by atoms with E-state index in [2.05, 4.69) is 76.0 Å². The van der Waals surface area contributed by atoms with Crippen molar-refractivity contribution in [2.24, 2.45) is 5.41 Å². The van der Waals surface area contributed by atoms with Crippen molar-refractivity contribution in [3.05, 3.63) is 29.8 Å². The summed E-state index contributed by atoms with van der Waals surface area (Å²) >= 11 is 0. The fourth-order valence-electron chi connectivity index (χ4n) is 2.88. The second-order valence-corrected chi connectivity index (χ2v) is 6.95. The third-order valence-electron chi connectivity index (χ3n) is 4.14. The molecule has 0 spiro atoms. The Balaban J connectivity index is 2.80. The average molecular weight is 290 g/mol. The van der Waals surface area contributed by atoms with Gasteiger partial charge in [0.2, 0.25) is 0 Å². The van der Waals surface area contributed by atoms with Gasteiger partial charge in [-0.1, -0.05) is 51.8 Å². The predicted octanol–water partition coefficient (Wildman–Crippen LogP) is 4.63.